The Bertz CT molecular complexity index is 800. The predicted octanol–water partition coefficient (Wildman–Crippen LogP) is 3.33. The summed E-state index contributed by atoms with van der Waals surface area (Å²) in [6, 6.07) is 5.07. The van der Waals surface area contributed by atoms with Gasteiger partial charge in [0.25, 0.3) is 5.91 Å². The van der Waals surface area contributed by atoms with Crippen LogP contribution in [0.3, 0.4) is 0 Å². The van der Waals surface area contributed by atoms with E-state index in [-0.39, 0.29) is 18.0 Å². The highest BCUT2D eigenvalue weighted by molar-refractivity contribution is 7.14. The van der Waals surface area contributed by atoms with Crippen molar-refractivity contribution in [3.63, 3.8) is 0 Å². The number of hydrogen-bond acceptors (Lipinski definition) is 5. The van der Waals surface area contributed by atoms with Gasteiger partial charge in [-0.15, -0.1) is 11.3 Å². The molecule has 130 valence electrons. The van der Waals surface area contributed by atoms with Crippen molar-refractivity contribution in [3.05, 3.63) is 40.9 Å². The predicted molar refractivity (Wildman–Crippen MR) is 95.4 cm³/mol. The van der Waals surface area contributed by atoms with Gasteiger partial charge in [0.15, 0.2) is 0 Å². The minimum atomic E-state index is -0.339. The quantitative estimate of drug-likeness (QED) is 0.827. The summed E-state index contributed by atoms with van der Waals surface area (Å²) in [5.74, 6) is 0.477. The van der Waals surface area contributed by atoms with Gasteiger partial charge in [0.1, 0.15) is 11.9 Å². The fraction of sp³-hybridized carbons (Fsp3) is 0.389. The highest BCUT2D eigenvalue weighted by atomic mass is 32.1. The Hall–Kier alpha value is -2.41. The van der Waals surface area contributed by atoms with E-state index in [0.717, 1.165) is 30.6 Å². The smallest absolute Gasteiger partial charge is 0.333 e. The standard InChI is InChI=1S/C18H19N3O3S/c1-12-10-14-11-13(4-5-15(14)24-12)16(22)21(17-19-6-9-25-17)18(23)20-7-2-3-8-20/h4-6,9,11-12H,2-3,7-8,10H2,1H3. The molecule has 25 heavy (non-hydrogen) atoms. The normalized spacial score (nSPS) is 18.8. The highest BCUT2D eigenvalue weighted by Gasteiger charge is 2.32. The first-order valence-electron chi connectivity index (χ1n) is 8.46. The van der Waals surface area contributed by atoms with Crippen LogP contribution < -0.4 is 9.64 Å². The minimum absolute atomic E-state index is 0.113. The lowest BCUT2D eigenvalue weighted by Gasteiger charge is -2.24. The summed E-state index contributed by atoms with van der Waals surface area (Å²) >= 11 is 1.29. The summed E-state index contributed by atoms with van der Waals surface area (Å²) in [5.41, 5.74) is 1.49. The number of imide groups is 1. The Morgan fingerprint density at radius 3 is 2.84 bits per heavy atom. The van der Waals surface area contributed by atoms with Gasteiger partial charge in [0.2, 0.25) is 5.13 Å². The van der Waals surface area contributed by atoms with Crippen molar-refractivity contribution in [2.45, 2.75) is 32.3 Å². The summed E-state index contributed by atoms with van der Waals surface area (Å²) in [5, 5.41) is 2.18. The second kappa shape index (κ2) is 6.48. The first-order chi connectivity index (χ1) is 12.1. The van der Waals surface area contributed by atoms with Crippen LogP contribution in [0.1, 0.15) is 35.7 Å². The third-order valence-corrected chi connectivity index (χ3v) is 5.28. The van der Waals surface area contributed by atoms with Gasteiger partial charge in [-0.1, -0.05) is 0 Å². The molecule has 0 aliphatic carbocycles. The topological polar surface area (TPSA) is 62.7 Å². The van der Waals surface area contributed by atoms with Crippen LogP contribution in [0, 0.1) is 0 Å². The van der Waals surface area contributed by atoms with Gasteiger partial charge < -0.3 is 9.64 Å². The second-order valence-electron chi connectivity index (χ2n) is 6.39. The molecule has 1 aromatic heterocycles. The zero-order valence-corrected chi connectivity index (χ0v) is 14.8. The number of nitrogens with zero attached hydrogens (tertiary/aromatic N) is 3. The molecule has 1 fully saturated rings. The van der Waals surface area contributed by atoms with E-state index >= 15 is 0 Å². The van der Waals surface area contributed by atoms with E-state index in [1.54, 1.807) is 22.5 Å². The molecular formula is C18H19N3O3S. The number of benzene rings is 1. The summed E-state index contributed by atoms with van der Waals surface area (Å²) in [7, 11) is 0. The van der Waals surface area contributed by atoms with Crippen molar-refractivity contribution in [2.75, 3.05) is 18.0 Å². The lowest BCUT2D eigenvalue weighted by atomic mass is 10.1. The molecule has 0 saturated carbocycles. The summed E-state index contributed by atoms with van der Waals surface area (Å²) in [4.78, 5) is 33.2. The molecule has 3 amide bonds. The lowest BCUT2D eigenvalue weighted by Crippen LogP contribution is -2.45. The zero-order valence-electron chi connectivity index (χ0n) is 14.0. The first-order valence-corrected chi connectivity index (χ1v) is 9.34. The third kappa shape index (κ3) is 3.00. The molecule has 0 spiro atoms. The van der Waals surface area contributed by atoms with Crippen molar-refractivity contribution in [1.29, 1.82) is 0 Å². The largest absolute Gasteiger partial charge is 0.490 e. The van der Waals surface area contributed by atoms with Crippen LogP contribution in [0.25, 0.3) is 0 Å². The number of carbonyl (C=O) groups is 2. The van der Waals surface area contributed by atoms with Gasteiger partial charge in [-0.05, 0) is 43.5 Å². The van der Waals surface area contributed by atoms with Gasteiger partial charge in [-0.2, -0.15) is 0 Å². The van der Waals surface area contributed by atoms with Crippen LogP contribution in [0.2, 0.25) is 0 Å². The maximum Gasteiger partial charge on any atom is 0.333 e. The molecule has 2 aliphatic heterocycles. The van der Waals surface area contributed by atoms with Crippen LogP contribution in [-0.4, -0.2) is 41.0 Å². The maximum absolute atomic E-state index is 13.1. The van der Waals surface area contributed by atoms with Crippen LogP contribution in [0.5, 0.6) is 5.75 Å². The number of fused-ring (bicyclic) bond motifs is 1. The molecule has 4 rings (SSSR count). The van der Waals surface area contributed by atoms with Crippen molar-refractivity contribution in [3.8, 4) is 5.75 Å². The Balaban J connectivity index is 1.66. The van der Waals surface area contributed by atoms with E-state index in [2.05, 4.69) is 4.98 Å². The van der Waals surface area contributed by atoms with Crippen molar-refractivity contribution >= 4 is 28.4 Å². The fourth-order valence-corrected chi connectivity index (χ4v) is 3.95. The molecule has 0 bridgehead atoms. The lowest BCUT2D eigenvalue weighted by molar-refractivity contribution is 0.0987. The second-order valence-corrected chi connectivity index (χ2v) is 7.26. The maximum atomic E-state index is 13.1. The van der Waals surface area contributed by atoms with E-state index in [1.807, 2.05) is 19.1 Å². The molecule has 2 aromatic rings. The number of anilines is 1. The van der Waals surface area contributed by atoms with E-state index < -0.39 is 0 Å². The van der Waals surface area contributed by atoms with Crippen molar-refractivity contribution < 1.29 is 14.3 Å². The number of rotatable bonds is 2. The molecule has 1 atom stereocenters. The number of hydrogen-bond donors (Lipinski definition) is 0. The number of carbonyl (C=O) groups excluding carboxylic acids is 2. The Morgan fingerprint density at radius 2 is 2.12 bits per heavy atom. The van der Waals surface area contributed by atoms with Crippen LogP contribution in [-0.2, 0) is 6.42 Å². The van der Waals surface area contributed by atoms with E-state index in [4.69, 9.17) is 4.74 Å². The minimum Gasteiger partial charge on any atom is -0.490 e. The third-order valence-electron chi connectivity index (χ3n) is 4.52. The monoisotopic (exact) mass is 357 g/mol. The molecule has 1 aromatic carbocycles. The first kappa shape index (κ1) is 16.1. The van der Waals surface area contributed by atoms with Crippen LogP contribution >= 0.6 is 11.3 Å². The Kier molecular flexibility index (Phi) is 4.17. The average molecular weight is 357 g/mol. The number of thiazole rings is 1. The number of aromatic nitrogens is 1. The number of likely N-dealkylation sites (tertiary alicyclic amines) is 1. The van der Waals surface area contributed by atoms with Gasteiger partial charge >= 0.3 is 6.03 Å². The molecule has 0 N–H and O–H groups in total. The van der Waals surface area contributed by atoms with Gasteiger partial charge in [0.05, 0.1) is 0 Å². The van der Waals surface area contributed by atoms with Crippen molar-refractivity contribution in [2.24, 2.45) is 0 Å². The summed E-state index contributed by atoms with van der Waals surface area (Å²) < 4.78 is 5.69. The van der Waals surface area contributed by atoms with Gasteiger partial charge in [-0.3, -0.25) is 4.79 Å². The number of ether oxygens (including phenoxy) is 1. The van der Waals surface area contributed by atoms with E-state index in [9.17, 15) is 9.59 Å². The Morgan fingerprint density at radius 1 is 1.32 bits per heavy atom. The molecular weight excluding hydrogens is 338 g/mol. The van der Waals surface area contributed by atoms with E-state index in [1.165, 1.54) is 16.2 Å². The zero-order chi connectivity index (χ0) is 17.4. The molecule has 2 aliphatic rings. The number of urea groups is 1. The molecule has 3 heterocycles. The number of amides is 3. The summed E-state index contributed by atoms with van der Waals surface area (Å²) in [6.45, 7) is 3.37. The molecule has 7 heteroatoms. The molecule has 0 radical (unpaired) electrons. The van der Waals surface area contributed by atoms with Gasteiger partial charge in [-0.25, -0.2) is 14.7 Å². The van der Waals surface area contributed by atoms with E-state index in [0.29, 0.717) is 23.8 Å². The van der Waals surface area contributed by atoms with Crippen molar-refractivity contribution in [1.82, 2.24) is 9.88 Å². The van der Waals surface area contributed by atoms with Crippen LogP contribution in [0.15, 0.2) is 29.8 Å². The average Bonchev–Trinajstić information content (AvgIpc) is 3.35. The highest BCUT2D eigenvalue weighted by Crippen LogP contribution is 2.31. The molecule has 1 unspecified atom stereocenters. The molecule has 1 saturated heterocycles. The van der Waals surface area contributed by atoms with Crippen LogP contribution in [0.4, 0.5) is 9.93 Å². The SMILES string of the molecule is CC1Cc2cc(C(=O)N(C(=O)N3CCCC3)c3nccs3)ccc2O1. The Labute approximate surface area is 150 Å². The summed E-state index contributed by atoms with van der Waals surface area (Å²) in [6.07, 6.45) is 4.44. The van der Waals surface area contributed by atoms with Gasteiger partial charge in [0, 0.05) is 36.7 Å². The molecule has 6 nitrogen and oxygen atoms in total. The fourth-order valence-electron chi connectivity index (χ4n) is 3.32.